The smallest absolute Gasteiger partial charge is 0.0978 e. The van der Waals surface area contributed by atoms with Gasteiger partial charge in [0.25, 0.3) is 0 Å². The summed E-state index contributed by atoms with van der Waals surface area (Å²) in [6.45, 7) is 4.39. The molecule has 13 heavy (non-hydrogen) atoms. The third-order valence-electron chi connectivity index (χ3n) is 2.89. The van der Waals surface area contributed by atoms with Gasteiger partial charge in [0, 0.05) is 0 Å². The van der Waals surface area contributed by atoms with Crippen LogP contribution in [0.3, 0.4) is 0 Å². The molecule has 1 aliphatic carbocycles. The lowest BCUT2D eigenvalue weighted by Gasteiger charge is -2.21. The summed E-state index contributed by atoms with van der Waals surface area (Å²) < 4.78 is 5.76. The Morgan fingerprint density at radius 1 is 1.15 bits per heavy atom. The van der Waals surface area contributed by atoms with Gasteiger partial charge in [-0.05, 0) is 44.1 Å². The first-order valence-electron chi connectivity index (χ1n) is 5.70. The fourth-order valence-corrected chi connectivity index (χ4v) is 1.81. The molecule has 0 aromatic carbocycles. The highest BCUT2D eigenvalue weighted by molar-refractivity contribution is 4.95. The van der Waals surface area contributed by atoms with E-state index < -0.39 is 0 Å². The van der Waals surface area contributed by atoms with Crippen LogP contribution in [0.2, 0.25) is 0 Å². The SMILES string of the molecule is CCC(=COC1CCCCC1)CC. The zero-order chi connectivity index (χ0) is 9.52. The summed E-state index contributed by atoms with van der Waals surface area (Å²) in [4.78, 5) is 0. The lowest BCUT2D eigenvalue weighted by Crippen LogP contribution is -2.13. The van der Waals surface area contributed by atoms with E-state index in [1.165, 1.54) is 37.7 Å². The van der Waals surface area contributed by atoms with Gasteiger partial charge < -0.3 is 4.74 Å². The van der Waals surface area contributed by atoms with Crippen LogP contribution in [-0.4, -0.2) is 6.10 Å². The first-order valence-corrected chi connectivity index (χ1v) is 5.70. The molecule has 1 aliphatic rings. The predicted molar refractivity (Wildman–Crippen MR) is 56.6 cm³/mol. The van der Waals surface area contributed by atoms with Gasteiger partial charge in [0.2, 0.25) is 0 Å². The van der Waals surface area contributed by atoms with Gasteiger partial charge >= 0.3 is 0 Å². The summed E-state index contributed by atoms with van der Waals surface area (Å²) in [7, 11) is 0. The Morgan fingerprint density at radius 2 is 1.77 bits per heavy atom. The maximum Gasteiger partial charge on any atom is 0.0978 e. The van der Waals surface area contributed by atoms with Crippen LogP contribution in [-0.2, 0) is 4.74 Å². The van der Waals surface area contributed by atoms with Crippen molar-refractivity contribution < 1.29 is 4.74 Å². The minimum atomic E-state index is 0.516. The standard InChI is InChI=1S/C12H22O/c1-3-11(4-2)10-13-12-8-6-5-7-9-12/h10,12H,3-9H2,1-2H3. The molecule has 1 nitrogen and oxygen atoms in total. The lowest BCUT2D eigenvalue weighted by atomic mass is 9.98. The number of hydrogen-bond acceptors (Lipinski definition) is 1. The van der Waals surface area contributed by atoms with Crippen LogP contribution in [0.4, 0.5) is 0 Å². The largest absolute Gasteiger partial charge is 0.498 e. The molecule has 0 aromatic rings. The average molecular weight is 182 g/mol. The molecule has 0 bridgehead atoms. The summed E-state index contributed by atoms with van der Waals surface area (Å²) in [6, 6.07) is 0. The molecule has 0 amide bonds. The van der Waals surface area contributed by atoms with Crippen molar-refractivity contribution in [1.29, 1.82) is 0 Å². The molecule has 76 valence electrons. The molecular weight excluding hydrogens is 160 g/mol. The van der Waals surface area contributed by atoms with E-state index in [9.17, 15) is 0 Å². The Morgan fingerprint density at radius 3 is 2.31 bits per heavy atom. The normalized spacial score (nSPS) is 18.3. The Kier molecular flexibility index (Phi) is 4.95. The Bertz CT molecular complexity index is 149. The molecule has 1 heteroatoms. The minimum absolute atomic E-state index is 0.516. The highest BCUT2D eigenvalue weighted by Crippen LogP contribution is 2.21. The van der Waals surface area contributed by atoms with Gasteiger partial charge in [-0.2, -0.15) is 0 Å². The molecule has 0 aliphatic heterocycles. The summed E-state index contributed by atoms with van der Waals surface area (Å²) >= 11 is 0. The second-order valence-corrected chi connectivity index (χ2v) is 3.88. The van der Waals surface area contributed by atoms with Crippen LogP contribution in [0.1, 0.15) is 58.8 Å². The van der Waals surface area contributed by atoms with Gasteiger partial charge in [-0.1, -0.05) is 20.3 Å². The second-order valence-electron chi connectivity index (χ2n) is 3.88. The average Bonchev–Trinajstić information content (AvgIpc) is 2.21. The Hall–Kier alpha value is -0.460. The molecular formula is C12H22O. The monoisotopic (exact) mass is 182 g/mol. The zero-order valence-corrected chi connectivity index (χ0v) is 9.01. The molecule has 0 heterocycles. The van der Waals surface area contributed by atoms with Crippen molar-refractivity contribution in [3.8, 4) is 0 Å². The molecule has 0 spiro atoms. The zero-order valence-electron chi connectivity index (χ0n) is 9.01. The molecule has 0 saturated heterocycles. The molecule has 1 saturated carbocycles. The van der Waals surface area contributed by atoms with E-state index in [4.69, 9.17) is 4.74 Å². The third-order valence-corrected chi connectivity index (χ3v) is 2.89. The van der Waals surface area contributed by atoms with E-state index in [-0.39, 0.29) is 0 Å². The van der Waals surface area contributed by atoms with Gasteiger partial charge in [-0.3, -0.25) is 0 Å². The topological polar surface area (TPSA) is 9.23 Å². The maximum atomic E-state index is 5.76. The fourth-order valence-electron chi connectivity index (χ4n) is 1.81. The van der Waals surface area contributed by atoms with Gasteiger partial charge in [0.15, 0.2) is 0 Å². The molecule has 1 fully saturated rings. The van der Waals surface area contributed by atoms with Crippen LogP contribution in [0.5, 0.6) is 0 Å². The van der Waals surface area contributed by atoms with Crippen molar-refractivity contribution in [2.75, 3.05) is 0 Å². The van der Waals surface area contributed by atoms with E-state index in [0.717, 1.165) is 12.8 Å². The minimum Gasteiger partial charge on any atom is -0.498 e. The Labute approximate surface area is 82.2 Å². The van der Waals surface area contributed by atoms with Gasteiger partial charge in [-0.15, -0.1) is 0 Å². The molecule has 0 unspecified atom stereocenters. The van der Waals surface area contributed by atoms with Crippen LogP contribution >= 0.6 is 0 Å². The van der Waals surface area contributed by atoms with Crippen LogP contribution in [0, 0.1) is 0 Å². The second kappa shape index (κ2) is 6.06. The molecule has 1 rings (SSSR count). The van der Waals surface area contributed by atoms with Crippen molar-refractivity contribution >= 4 is 0 Å². The molecule has 0 aromatic heterocycles. The number of hydrogen-bond donors (Lipinski definition) is 0. The van der Waals surface area contributed by atoms with Gasteiger partial charge in [-0.25, -0.2) is 0 Å². The van der Waals surface area contributed by atoms with Crippen LogP contribution in [0.25, 0.3) is 0 Å². The van der Waals surface area contributed by atoms with Crippen molar-refractivity contribution in [2.24, 2.45) is 0 Å². The Balaban J connectivity index is 2.26. The fraction of sp³-hybridized carbons (Fsp3) is 0.833. The van der Waals surface area contributed by atoms with E-state index in [1.807, 2.05) is 6.26 Å². The van der Waals surface area contributed by atoms with Crippen molar-refractivity contribution in [3.05, 3.63) is 11.8 Å². The number of allylic oxidation sites excluding steroid dienone is 1. The first kappa shape index (κ1) is 10.6. The van der Waals surface area contributed by atoms with E-state index in [1.54, 1.807) is 0 Å². The number of ether oxygens (including phenoxy) is 1. The number of rotatable bonds is 4. The highest BCUT2D eigenvalue weighted by atomic mass is 16.5. The van der Waals surface area contributed by atoms with E-state index in [0.29, 0.717) is 6.10 Å². The lowest BCUT2D eigenvalue weighted by molar-refractivity contribution is 0.104. The quantitative estimate of drug-likeness (QED) is 0.596. The highest BCUT2D eigenvalue weighted by Gasteiger charge is 2.12. The summed E-state index contributed by atoms with van der Waals surface area (Å²) in [5.41, 5.74) is 1.44. The van der Waals surface area contributed by atoms with E-state index >= 15 is 0 Å². The van der Waals surface area contributed by atoms with Crippen LogP contribution in [0.15, 0.2) is 11.8 Å². The van der Waals surface area contributed by atoms with Crippen molar-refractivity contribution in [3.63, 3.8) is 0 Å². The van der Waals surface area contributed by atoms with E-state index in [2.05, 4.69) is 13.8 Å². The van der Waals surface area contributed by atoms with Crippen LogP contribution < -0.4 is 0 Å². The predicted octanol–water partition coefficient (Wildman–Crippen LogP) is 4.04. The maximum absolute atomic E-state index is 5.76. The summed E-state index contributed by atoms with van der Waals surface area (Å²) in [5, 5.41) is 0. The first-order chi connectivity index (χ1) is 6.36. The molecule has 0 atom stereocenters. The van der Waals surface area contributed by atoms with Crippen molar-refractivity contribution in [1.82, 2.24) is 0 Å². The van der Waals surface area contributed by atoms with Crippen molar-refractivity contribution in [2.45, 2.75) is 64.9 Å². The summed E-state index contributed by atoms with van der Waals surface area (Å²) in [5.74, 6) is 0. The molecule has 0 radical (unpaired) electrons. The van der Waals surface area contributed by atoms with Gasteiger partial charge in [0.1, 0.15) is 0 Å². The third kappa shape index (κ3) is 3.84. The molecule has 0 N–H and O–H groups in total. The van der Waals surface area contributed by atoms with Gasteiger partial charge in [0.05, 0.1) is 12.4 Å². The summed E-state index contributed by atoms with van der Waals surface area (Å²) in [6.07, 6.45) is 11.4.